The molecule has 0 saturated heterocycles. The Kier molecular flexibility index (Phi) is 7.45. The summed E-state index contributed by atoms with van der Waals surface area (Å²) in [7, 11) is 1.65. The van der Waals surface area contributed by atoms with Crippen molar-refractivity contribution in [3.63, 3.8) is 0 Å². The van der Waals surface area contributed by atoms with Crippen molar-refractivity contribution in [1.82, 2.24) is 9.97 Å². The van der Waals surface area contributed by atoms with Crippen LogP contribution in [-0.4, -0.2) is 35.2 Å². The van der Waals surface area contributed by atoms with Crippen molar-refractivity contribution in [2.45, 2.75) is 46.0 Å². The van der Waals surface area contributed by atoms with Crippen LogP contribution in [0.4, 0.5) is 5.69 Å². The molecule has 0 radical (unpaired) electrons. The van der Waals surface area contributed by atoms with E-state index in [-0.39, 0.29) is 23.1 Å². The molecule has 1 unspecified atom stereocenters. The zero-order chi connectivity index (χ0) is 23.3. The maximum absolute atomic E-state index is 12.8. The molecule has 32 heavy (non-hydrogen) atoms. The van der Waals surface area contributed by atoms with Crippen molar-refractivity contribution >= 4 is 22.9 Å². The molecule has 8 nitrogen and oxygen atoms in total. The molecule has 3 rings (SSSR count). The number of hydrogen-bond donors (Lipinski definition) is 4. The number of amides is 1. The first-order chi connectivity index (χ1) is 15.4. The maximum Gasteiger partial charge on any atom is 0.275 e. The first kappa shape index (κ1) is 23.2. The number of anilines is 1. The number of carbonyl (C=O) groups is 1. The number of rotatable bonds is 9. The maximum atomic E-state index is 12.8. The van der Waals surface area contributed by atoms with E-state index in [2.05, 4.69) is 21.4 Å². The summed E-state index contributed by atoms with van der Waals surface area (Å²) in [6.07, 6.45) is 5.45. The molecule has 1 atom stereocenters. The fourth-order valence-corrected chi connectivity index (χ4v) is 3.97. The van der Waals surface area contributed by atoms with Crippen LogP contribution in [0.15, 0.2) is 29.1 Å². The Balaban J connectivity index is 2.10. The Hall–Kier alpha value is -3.42. The van der Waals surface area contributed by atoms with Gasteiger partial charge in [-0.15, -0.1) is 0 Å². The summed E-state index contributed by atoms with van der Waals surface area (Å²) in [4.78, 5) is 31.8. The van der Waals surface area contributed by atoms with Gasteiger partial charge in [-0.3, -0.25) is 9.59 Å². The predicted octanol–water partition coefficient (Wildman–Crippen LogP) is 3.71. The number of hydrogen-bond acceptors (Lipinski definition) is 6. The van der Waals surface area contributed by atoms with Crippen molar-refractivity contribution in [2.75, 3.05) is 19.0 Å². The molecular weight excluding hydrogens is 406 g/mol. The molecule has 1 heterocycles. The van der Waals surface area contributed by atoms with E-state index in [0.717, 1.165) is 24.0 Å². The summed E-state index contributed by atoms with van der Waals surface area (Å²) in [5.74, 6) is 0.582. The largest absolute Gasteiger partial charge is 0.493 e. The number of primary amides is 1. The molecule has 1 aromatic heterocycles. The first-order valence-electron chi connectivity index (χ1n) is 11.0. The molecule has 1 amide bonds. The number of ether oxygens (including phenoxy) is 1. The molecule has 1 aliphatic rings. The lowest BCUT2D eigenvalue weighted by molar-refractivity contribution is -0.121. The van der Waals surface area contributed by atoms with E-state index >= 15 is 0 Å². The Morgan fingerprint density at radius 2 is 2.16 bits per heavy atom. The van der Waals surface area contributed by atoms with Crippen LogP contribution in [0.1, 0.15) is 57.2 Å². The molecule has 0 spiro atoms. The molecule has 2 aromatic rings. The van der Waals surface area contributed by atoms with Gasteiger partial charge in [-0.05, 0) is 55.9 Å². The van der Waals surface area contributed by atoms with Crippen LogP contribution in [0.2, 0.25) is 0 Å². The third kappa shape index (κ3) is 4.90. The van der Waals surface area contributed by atoms with Gasteiger partial charge >= 0.3 is 0 Å². The Morgan fingerprint density at radius 3 is 2.75 bits per heavy atom. The van der Waals surface area contributed by atoms with Crippen molar-refractivity contribution in [1.29, 1.82) is 5.41 Å². The number of allylic oxidation sites excluding steroid dienone is 2. The summed E-state index contributed by atoms with van der Waals surface area (Å²) in [5.41, 5.74) is 8.84. The highest BCUT2D eigenvalue weighted by molar-refractivity contribution is 6.01. The van der Waals surface area contributed by atoms with Crippen LogP contribution in [0.5, 0.6) is 5.75 Å². The van der Waals surface area contributed by atoms with E-state index in [9.17, 15) is 9.59 Å². The second-order valence-corrected chi connectivity index (χ2v) is 7.86. The summed E-state index contributed by atoms with van der Waals surface area (Å²) < 4.78 is 5.81. The fourth-order valence-electron chi connectivity index (χ4n) is 3.97. The minimum Gasteiger partial charge on any atom is -0.493 e. The standard InChI is InChI=1S/C24H31N5O3/c1-4-6-18(25)20-21(27-3)24(31)29-23(28-20)17-13-16(11-12-19(17)32-5-2)14-7-9-15(10-8-14)22(26)30/h7,11-13,15,25,27H,4-6,8-10H2,1-3H3,(H2,26,30)(H,28,29,31). The third-order valence-corrected chi connectivity index (χ3v) is 5.67. The summed E-state index contributed by atoms with van der Waals surface area (Å²) in [5, 5.41) is 11.3. The number of benzene rings is 1. The third-order valence-electron chi connectivity index (χ3n) is 5.67. The number of aromatic amines is 1. The summed E-state index contributed by atoms with van der Waals surface area (Å²) in [6.45, 7) is 4.35. The number of nitrogens with one attached hydrogen (secondary N) is 3. The zero-order valence-corrected chi connectivity index (χ0v) is 18.9. The molecule has 8 heteroatoms. The van der Waals surface area contributed by atoms with Crippen molar-refractivity contribution in [3.8, 4) is 17.1 Å². The van der Waals surface area contributed by atoms with E-state index < -0.39 is 0 Å². The highest BCUT2D eigenvalue weighted by Gasteiger charge is 2.22. The fraction of sp³-hybridized carbons (Fsp3) is 0.417. The van der Waals surface area contributed by atoms with E-state index in [0.29, 0.717) is 54.4 Å². The van der Waals surface area contributed by atoms with Gasteiger partial charge < -0.3 is 26.2 Å². The van der Waals surface area contributed by atoms with Crippen molar-refractivity contribution in [3.05, 3.63) is 45.9 Å². The number of aromatic nitrogens is 2. The second-order valence-electron chi connectivity index (χ2n) is 7.86. The van der Waals surface area contributed by atoms with Crippen molar-refractivity contribution in [2.24, 2.45) is 11.7 Å². The van der Waals surface area contributed by atoms with Gasteiger partial charge in [-0.1, -0.05) is 25.5 Å². The lowest BCUT2D eigenvalue weighted by atomic mass is 9.86. The van der Waals surface area contributed by atoms with E-state index in [1.807, 2.05) is 32.0 Å². The molecule has 170 valence electrons. The average Bonchev–Trinajstić information content (AvgIpc) is 2.79. The Bertz CT molecular complexity index is 1100. The van der Waals surface area contributed by atoms with E-state index in [1.54, 1.807) is 7.05 Å². The van der Waals surface area contributed by atoms with Gasteiger partial charge in [0.1, 0.15) is 23.0 Å². The monoisotopic (exact) mass is 437 g/mol. The molecule has 0 bridgehead atoms. The van der Waals surface area contributed by atoms with Gasteiger partial charge in [0.25, 0.3) is 5.56 Å². The Morgan fingerprint density at radius 1 is 1.38 bits per heavy atom. The molecule has 0 fully saturated rings. The summed E-state index contributed by atoms with van der Waals surface area (Å²) in [6, 6.07) is 5.80. The van der Waals surface area contributed by atoms with Gasteiger partial charge in [0.2, 0.25) is 5.91 Å². The van der Waals surface area contributed by atoms with Gasteiger partial charge in [0.05, 0.1) is 17.9 Å². The van der Waals surface area contributed by atoms with Crippen LogP contribution >= 0.6 is 0 Å². The SMILES string of the molecule is CCCC(=N)c1nc(-c2cc(C3=CCC(C(N)=O)CC3)ccc2OCC)[nH]c(=O)c1NC. The van der Waals surface area contributed by atoms with E-state index in [1.165, 1.54) is 0 Å². The van der Waals surface area contributed by atoms with Crippen LogP contribution in [0.25, 0.3) is 17.0 Å². The summed E-state index contributed by atoms with van der Waals surface area (Å²) >= 11 is 0. The number of nitrogens with two attached hydrogens (primary N) is 1. The molecule has 0 saturated carbocycles. The van der Waals surface area contributed by atoms with Crippen LogP contribution < -0.4 is 21.3 Å². The normalized spacial score (nSPS) is 15.7. The van der Waals surface area contributed by atoms with E-state index in [4.69, 9.17) is 15.9 Å². The number of carbonyl (C=O) groups excluding carboxylic acids is 1. The number of H-pyrrole nitrogens is 1. The number of nitrogens with zero attached hydrogens (tertiary/aromatic N) is 1. The van der Waals surface area contributed by atoms with Gasteiger partial charge in [-0.25, -0.2) is 4.98 Å². The first-order valence-corrected chi connectivity index (χ1v) is 11.0. The zero-order valence-electron chi connectivity index (χ0n) is 18.9. The minimum absolute atomic E-state index is 0.125. The van der Waals surface area contributed by atoms with Crippen LogP contribution in [0, 0.1) is 11.3 Å². The molecule has 1 aliphatic carbocycles. The smallest absolute Gasteiger partial charge is 0.275 e. The van der Waals surface area contributed by atoms with Crippen LogP contribution in [0.3, 0.4) is 0 Å². The lowest BCUT2D eigenvalue weighted by Crippen LogP contribution is -2.24. The highest BCUT2D eigenvalue weighted by Crippen LogP contribution is 2.35. The molecule has 1 aromatic carbocycles. The van der Waals surface area contributed by atoms with Gasteiger partial charge in [0.15, 0.2) is 0 Å². The quantitative estimate of drug-likeness (QED) is 0.444. The minimum atomic E-state index is -0.331. The lowest BCUT2D eigenvalue weighted by Gasteiger charge is -2.20. The highest BCUT2D eigenvalue weighted by atomic mass is 16.5. The molecular formula is C24H31N5O3. The van der Waals surface area contributed by atoms with Gasteiger partial charge in [-0.2, -0.15) is 0 Å². The Labute approximate surface area is 187 Å². The average molecular weight is 438 g/mol. The molecule has 5 N–H and O–H groups in total. The van der Waals surface area contributed by atoms with Gasteiger partial charge in [0, 0.05) is 13.0 Å². The predicted molar refractivity (Wildman–Crippen MR) is 127 cm³/mol. The second kappa shape index (κ2) is 10.3. The van der Waals surface area contributed by atoms with Crippen molar-refractivity contribution < 1.29 is 9.53 Å². The van der Waals surface area contributed by atoms with Crippen LogP contribution in [-0.2, 0) is 4.79 Å². The topological polar surface area (TPSA) is 134 Å². The molecule has 0 aliphatic heterocycles.